The third-order valence-corrected chi connectivity index (χ3v) is 2.04. The van der Waals surface area contributed by atoms with Crippen molar-refractivity contribution >= 4 is 11.5 Å². The van der Waals surface area contributed by atoms with E-state index in [0.29, 0.717) is 5.69 Å². The summed E-state index contributed by atoms with van der Waals surface area (Å²) < 4.78 is 14.0. The minimum Gasteiger partial charge on any atom is -0.378 e. The molecule has 16 heavy (non-hydrogen) atoms. The third kappa shape index (κ3) is 1.58. The van der Waals surface area contributed by atoms with Crippen molar-refractivity contribution in [3.05, 3.63) is 46.4 Å². The van der Waals surface area contributed by atoms with Gasteiger partial charge in [0.05, 0.1) is 10.6 Å². The standard InChI is InChI=1S/C9H7FN4O2/c10-6-2-1-3-7(4-6)13-9(11)8(5-12-13)14(15)16/h1-5H,11H2. The Morgan fingerprint density at radius 2 is 2.25 bits per heavy atom. The van der Waals surface area contributed by atoms with Crippen LogP contribution in [0.2, 0.25) is 0 Å². The maximum atomic E-state index is 12.9. The molecule has 0 fully saturated rings. The van der Waals surface area contributed by atoms with E-state index in [-0.39, 0.29) is 11.5 Å². The van der Waals surface area contributed by atoms with Gasteiger partial charge in [0.15, 0.2) is 0 Å². The summed E-state index contributed by atoms with van der Waals surface area (Å²) in [7, 11) is 0. The zero-order valence-electron chi connectivity index (χ0n) is 8.00. The second kappa shape index (κ2) is 3.61. The zero-order chi connectivity index (χ0) is 11.7. The van der Waals surface area contributed by atoms with E-state index in [0.717, 1.165) is 10.9 Å². The van der Waals surface area contributed by atoms with Gasteiger partial charge in [0.25, 0.3) is 0 Å². The molecule has 0 saturated carbocycles. The maximum absolute atomic E-state index is 12.9. The van der Waals surface area contributed by atoms with Crippen molar-refractivity contribution in [1.82, 2.24) is 9.78 Å². The SMILES string of the molecule is Nc1c([N+](=O)[O-])cnn1-c1cccc(F)c1. The van der Waals surface area contributed by atoms with Crippen LogP contribution in [0.3, 0.4) is 0 Å². The Kier molecular flexibility index (Phi) is 2.28. The van der Waals surface area contributed by atoms with Crippen molar-refractivity contribution in [3.63, 3.8) is 0 Å². The van der Waals surface area contributed by atoms with E-state index in [9.17, 15) is 14.5 Å². The Bertz CT molecular complexity index is 552. The fourth-order valence-corrected chi connectivity index (χ4v) is 1.30. The molecule has 0 unspecified atom stereocenters. The highest BCUT2D eigenvalue weighted by atomic mass is 19.1. The molecule has 0 saturated heterocycles. The van der Waals surface area contributed by atoms with E-state index in [2.05, 4.69) is 5.10 Å². The van der Waals surface area contributed by atoms with Gasteiger partial charge in [-0.1, -0.05) is 6.07 Å². The zero-order valence-corrected chi connectivity index (χ0v) is 8.00. The fraction of sp³-hybridized carbons (Fsp3) is 0. The third-order valence-electron chi connectivity index (χ3n) is 2.04. The van der Waals surface area contributed by atoms with E-state index in [1.165, 1.54) is 18.2 Å². The van der Waals surface area contributed by atoms with Gasteiger partial charge < -0.3 is 5.73 Å². The van der Waals surface area contributed by atoms with Crippen molar-refractivity contribution in [1.29, 1.82) is 0 Å². The monoisotopic (exact) mass is 222 g/mol. The van der Waals surface area contributed by atoms with Gasteiger partial charge in [-0.3, -0.25) is 10.1 Å². The van der Waals surface area contributed by atoms with Crippen LogP contribution in [-0.4, -0.2) is 14.7 Å². The van der Waals surface area contributed by atoms with Crippen LogP contribution in [0.4, 0.5) is 15.9 Å². The molecule has 82 valence electrons. The van der Waals surface area contributed by atoms with E-state index < -0.39 is 10.7 Å². The maximum Gasteiger partial charge on any atom is 0.331 e. The van der Waals surface area contributed by atoms with Gasteiger partial charge in [-0.15, -0.1) is 0 Å². The highest BCUT2D eigenvalue weighted by Crippen LogP contribution is 2.23. The molecule has 6 nitrogen and oxygen atoms in total. The number of anilines is 1. The number of nitrogens with two attached hydrogens (primary N) is 1. The number of halogens is 1. The largest absolute Gasteiger partial charge is 0.378 e. The number of nitrogen functional groups attached to an aromatic ring is 1. The smallest absolute Gasteiger partial charge is 0.331 e. The summed E-state index contributed by atoms with van der Waals surface area (Å²) in [5.41, 5.74) is 5.56. The van der Waals surface area contributed by atoms with Gasteiger partial charge in [-0.05, 0) is 18.2 Å². The number of nitro groups is 1. The van der Waals surface area contributed by atoms with Crippen LogP contribution in [0.5, 0.6) is 0 Å². The lowest BCUT2D eigenvalue weighted by molar-refractivity contribution is -0.383. The number of hydrogen-bond acceptors (Lipinski definition) is 4. The van der Waals surface area contributed by atoms with Gasteiger partial charge in [0.1, 0.15) is 12.0 Å². The van der Waals surface area contributed by atoms with E-state index >= 15 is 0 Å². The Morgan fingerprint density at radius 1 is 1.50 bits per heavy atom. The predicted octanol–water partition coefficient (Wildman–Crippen LogP) is 1.50. The summed E-state index contributed by atoms with van der Waals surface area (Å²) in [6, 6.07) is 5.47. The first kappa shape index (κ1) is 10.1. The van der Waals surface area contributed by atoms with Gasteiger partial charge in [0, 0.05) is 0 Å². The highest BCUT2D eigenvalue weighted by Gasteiger charge is 2.18. The van der Waals surface area contributed by atoms with E-state index in [4.69, 9.17) is 5.73 Å². The molecule has 0 aliphatic heterocycles. The number of hydrogen-bond donors (Lipinski definition) is 1. The Morgan fingerprint density at radius 3 is 2.81 bits per heavy atom. The second-order valence-electron chi connectivity index (χ2n) is 3.06. The lowest BCUT2D eigenvalue weighted by atomic mass is 10.3. The molecule has 0 radical (unpaired) electrons. The minimum atomic E-state index is -0.641. The van der Waals surface area contributed by atoms with Crippen molar-refractivity contribution in [2.24, 2.45) is 0 Å². The van der Waals surface area contributed by atoms with Crippen LogP contribution in [-0.2, 0) is 0 Å². The first-order valence-corrected chi connectivity index (χ1v) is 4.33. The predicted molar refractivity (Wildman–Crippen MR) is 54.6 cm³/mol. The summed E-state index contributed by atoms with van der Waals surface area (Å²) in [4.78, 5) is 9.89. The molecule has 7 heteroatoms. The Labute approximate surface area is 89.3 Å². The molecule has 2 rings (SSSR count). The van der Waals surface area contributed by atoms with Crippen LogP contribution < -0.4 is 5.73 Å². The van der Waals surface area contributed by atoms with Crippen LogP contribution >= 0.6 is 0 Å². The average Bonchev–Trinajstić information content (AvgIpc) is 2.60. The Hall–Kier alpha value is -2.44. The van der Waals surface area contributed by atoms with Crippen molar-refractivity contribution < 1.29 is 9.31 Å². The molecule has 0 atom stereocenters. The van der Waals surface area contributed by atoms with Gasteiger partial charge >= 0.3 is 5.69 Å². The van der Waals surface area contributed by atoms with Crippen molar-refractivity contribution in [2.45, 2.75) is 0 Å². The van der Waals surface area contributed by atoms with E-state index in [1.54, 1.807) is 6.07 Å². The molecule has 1 aromatic heterocycles. The van der Waals surface area contributed by atoms with E-state index in [1.807, 2.05) is 0 Å². The number of benzene rings is 1. The topological polar surface area (TPSA) is 87.0 Å². The molecule has 0 aliphatic rings. The highest BCUT2D eigenvalue weighted by molar-refractivity contribution is 5.55. The summed E-state index contributed by atoms with van der Waals surface area (Å²) in [5.74, 6) is -0.592. The first-order valence-electron chi connectivity index (χ1n) is 4.33. The number of nitrogens with zero attached hydrogens (tertiary/aromatic N) is 3. The molecule has 0 bridgehead atoms. The van der Waals surface area contributed by atoms with Gasteiger partial charge in [-0.2, -0.15) is 5.10 Å². The van der Waals surface area contributed by atoms with Crippen LogP contribution in [0.15, 0.2) is 30.5 Å². The molecule has 1 aromatic carbocycles. The van der Waals surface area contributed by atoms with Gasteiger partial charge in [0.2, 0.25) is 5.82 Å². The number of aromatic nitrogens is 2. The molecule has 2 aromatic rings. The van der Waals surface area contributed by atoms with Crippen LogP contribution in [0, 0.1) is 15.9 Å². The fourth-order valence-electron chi connectivity index (χ4n) is 1.30. The van der Waals surface area contributed by atoms with Crippen molar-refractivity contribution in [2.75, 3.05) is 5.73 Å². The molecule has 0 aliphatic carbocycles. The van der Waals surface area contributed by atoms with Crippen molar-refractivity contribution in [3.8, 4) is 5.69 Å². The minimum absolute atomic E-state index is 0.129. The van der Waals surface area contributed by atoms with Crippen LogP contribution in [0.1, 0.15) is 0 Å². The molecular weight excluding hydrogens is 215 g/mol. The quantitative estimate of drug-likeness (QED) is 0.616. The normalized spacial score (nSPS) is 10.3. The van der Waals surface area contributed by atoms with Crippen LogP contribution in [0.25, 0.3) is 5.69 Å². The molecule has 0 amide bonds. The molecule has 0 spiro atoms. The summed E-state index contributed by atoms with van der Waals surface area (Å²) in [6.07, 6.45) is 1.03. The summed E-state index contributed by atoms with van der Waals surface area (Å²) in [6.45, 7) is 0. The summed E-state index contributed by atoms with van der Waals surface area (Å²) >= 11 is 0. The molecule has 1 heterocycles. The lowest BCUT2D eigenvalue weighted by Crippen LogP contribution is -2.03. The Balaban J connectivity index is 2.53. The number of rotatable bonds is 2. The molecular formula is C9H7FN4O2. The second-order valence-corrected chi connectivity index (χ2v) is 3.06. The molecule has 2 N–H and O–H groups in total. The first-order chi connectivity index (χ1) is 7.59. The lowest BCUT2D eigenvalue weighted by Gasteiger charge is -2.02. The summed E-state index contributed by atoms with van der Waals surface area (Å²) in [5, 5.41) is 14.3. The average molecular weight is 222 g/mol. The van der Waals surface area contributed by atoms with Gasteiger partial charge in [-0.25, -0.2) is 9.07 Å².